The maximum Gasteiger partial charge on any atom is 0.238 e. The standard InChI is InChI=1S/C14H19N3O2S/c15-10-13(18)16-12-3-1-11(2-4-12)9-14(19)17-5-7-20-8-6-17/h1-4H,5-10,15H2,(H,16,18). The fraction of sp³-hybridized carbons (Fsp3) is 0.429. The molecule has 0 spiro atoms. The molecule has 5 nitrogen and oxygen atoms in total. The number of carbonyl (C=O) groups excluding carboxylic acids is 2. The Labute approximate surface area is 122 Å². The molecule has 2 rings (SSSR count). The molecule has 1 fully saturated rings. The molecular weight excluding hydrogens is 274 g/mol. The lowest BCUT2D eigenvalue weighted by molar-refractivity contribution is -0.130. The highest BCUT2D eigenvalue weighted by atomic mass is 32.2. The van der Waals surface area contributed by atoms with Gasteiger partial charge in [0.05, 0.1) is 13.0 Å². The van der Waals surface area contributed by atoms with Crippen LogP contribution in [-0.4, -0.2) is 47.9 Å². The van der Waals surface area contributed by atoms with Gasteiger partial charge in [0.1, 0.15) is 0 Å². The number of amides is 2. The quantitative estimate of drug-likeness (QED) is 0.857. The van der Waals surface area contributed by atoms with Crippen molar-refractivity contribution in [3.8, 4) is 0 Å². The highest BCUT2D eigenvalue weighted by molar-refractivity contribution is 7.99. The fourth-order valence-electron chi connectivity index (χ4n) is 2.02. The summed E-state index contributed by atoms with van der Waals surface area (Å²) in [6, 6.07) is 7.32. The van der Waals surface area contributed by atoms with Gasteiger partial charge in [0.15, 0.2) is 0 Å². The molecule has 1 heterocycles. The maximum absolute atomic E-state index is 12.1. The van der Waals surface area contributed by atoms with Crippen molar-refractivity contribution in [3.05, 3.63) is 29.8 Å². The average Bonchev–Trinajstić information content (AvgIpc) is 2.50. The van der Waals surface area contributed by atoms with Gasteiger partial charge in [-0.1, -0.05) is 12.1 Å². The van der Waals surface area contributed by atoms with Crippen LogP contribution in [-0.2, 0) is 16.0 Å². The summed E-state index contributed by atoms with van der Waals surface area (Å²) in [6.07, 6.45) is 0.412. The number of nitrogens with two attached hydrogens (primary N) is 1. The van der Waals surface area contributed by atoms with Gasteiger partial charge in [-0.05, 0) is 17.7 Å². The van der Waals surface area contributed by atoms with Crippen LogP contribution in [0.15, 0.2) is 24.3 Å². The topological polar surface area (TPSA) is 75.4 Å². The smallest absolute Gasteiger partial charge is 0.238 e. The van der Waals surface area contributed by atoms with E-state index in [1.807, 2.05) is 28.8 Å². The Morgan fingerprint density at radius 2 is 1.85 bits per heavy atom. The molecule has 1 aromatic rings. The summed E-state index contributed by atoms with van der Waals surface area (Å²) in [4.78, 5) is 25.2. The van der Waals surface area contributed by atoms with Gasteiger partial charge in [-0.15, -0.1) is 0 Å². The zero-order valence-electron chi connectivity index (χ0n) is 11.3. The third kappa shape index (κ3) is 4.25. The molecule has 1 aliphatic rings. The van der Waals surface area contributed by atoms with Crippen molar-refractivity contribution >= 4 is 29.3 Å². The van der Waals surface area contributed by atoms with Crippen LogP contribution >= 0.6 is 11.8 Å². The van der Waals surface area contributed by atoms with Crippen LogP contribution in [0.5, 0.6) is 0 Å². The highest BCUT2D eigenvalue weighted by Gasteiger charge is 2.16. The van der Waals surface area contributed by atoms with Gasteiger partial charge in [0, 0.05) is 30.3 Å². The van der Waals surface area contributed by atoms with E-state index < -0.39 is 0 Å². The largest absolute Gasteiger partial charge is 0.341 e. The van der Waals surface area contributed by atoms with Crippen LogP contribution in [0.2, 0.25) is 0 Å². The van der Waals surface area contributed by atoms with E-state index in [9.17, 15) is 9.59 Å². The van der Waals surface area contributed by atoms with Crippen molar-refractivity contribution in [2.75, 3.05) is 36.5 Å². The number of hydrogen-bond donors (Lipinski definition) is 2. The first-order valence-electron chi connectivity index (χ1n) is 6.63. The van der Waals surface area contributed by atoms with Crippen LogP contribution < -0.4 is 11.1 Å². The molecule has 0 bridgehead atoms. The molecule has 0 radical (unpaired) electrons. The Morgan fingerprint density at radius 1 is 1.20 bits per heavy atom. The first-order chi connectivity index (χ1) is 9.69. The maximum atomic E-state index is 12.1. The van der Waals surface area contributed by atoms with E-state index in [0.29, 0.717) is 12.1 Å². The molecule has 1 aromatic carbocycles. The number of rotatable bonds is 4. The van der Waals surface area contributed by atoms with Gasteiger partial charge in [-0.25, -0.2) is 0 Å². The lowest BCUT2D eigenvalue weighted by Crippen LogP contribution is -2.38. The second-order valence-corrected chi connectivity index (χ2v) is 5.84. The zero-order valence-corrected chi connectivity index (χ0v) is 12.1. The van der Waals surface area contributed by atoms with Crippen molar-refractivity contribution in [2.24, 2.45) is 5.73 Å². The minimum absolute atomic E-state index is 0.0345. The number of hydrogen-bond acceptors (Lipinski definition) is 4. The summed E-state index contributed by atoms with van der Waals surface area (Å²) >= 11 is 1.89. The second-order valence-electron chi connectivity index (χ2n) is 4.62. The van der Waals surface area contributed by atoms with Crippen molar-refractivity contribution in [1.82, 2.24) is 4.90 Å². The minimum Gasteiger partial charge on any atom is -0.341 e. The molecule has 2 amide bonds. The van der Waals surface area contributed by atoms with Crippen LogP contribution in [0.3, 0.4) is 0 Å². The molecule has 0 aliphatic carbocycles. The van der Waals surface area contributed by atoms with Crippen LogP contribution in [0.25, 0.3) is 0 Å². The summed E-state index contributed by atoms with van der Waals surface area (Å²) in [7, 11) is 0. The van der Waals surface area contributed by atoms with E-state index in [4.69, 9.17) is 5.73 Å². The van der Waals surface area contributed by atoms with Crippen molar-refractivity contribution in [2.45, 2.75) is 6.42 Å². The molecule has 0 aromatic heterocycles. The molecule has 108 valence electrons. The fourth-order valence-corrected chi connectivity index (χ4v) is 2.92. The Kier molecular flexibility index (Phi) is 5.43. The Morgan fingerprint density at radius 3 is 2.45 bits per heavy atom. The summed E-state index contributed by atoms with van der Waals surface area (Å²) in [5, 5.41) is 2.67. The molecule has 1 saturated heterocycles. The Bertz CT molecular complexity index is 470. The van der Waals surface area contributed by atoms with Gasteiger partial charge in [0.2, 0.25) is 11.8 Å². The van der Waals surface area contributed by atoms with E-state index in [1.165, 1.54) is 0 Å². The van der Waals surface area contributed by atoms with Crippen molar-refractivity contribution < 1.29 is 9.59 Å². The van der Waals surface area contributed by atoms with E-state index in [2.05, 4.69) is 5.32 Å². The zero-order chi connectivity index (χ0) is 14.4. The lowest BCUT2D eigenvalue weighted by atomic mass is 10.1. The van der Waals surface area contributed by atoms with E-state index >= 15 is 0 Å². The van der Waals surface area contributed by atoms with E-state index in [0.717, 1.165) is 30.2 Å². The molecule has 6 heteroatoms. The lowest BCUT2D eigenvalue weighted by Gasteiger charge is -2.26. The molecule has 0 unspecified atom stereocenters. The average molecular weight is 293 g/mol. The normalized spacial score (nSPS) is 14.9. The van der Waals surface area contributed by atoms with Crippen molar-refractivity contribution in [3.63, 3.8) is 0 Å². The molecule has 1 aliphatic heterocycles. The molecule has 0 saturated carbocycles. The van der Waals surface area contributed by atoms with Crippen LogP contribution in [0, 0.1) is 0 Å². The van der Waals surface area contributed by atoms with Gasteiger partial charge in [-0.2, -0.15) is 11.8 Å². The monoisotopic (exact) mass is 293 g/mol. The Hall–Kier alpha value is -1.53. The van der Waals surface area contributed by atoms with Gasteiger partial charge in [-0.3, -0.25) is 9.59 Å². The SMILES string of the molecule is NCC(=O)Nc1ccc(CC(=O)N2CCSCC2)cc1. The summed E-state index contributed by atoms with van der Waals surface area (Å²) in [5.41, 5.74) is 6.89. The third-order valence-electron chi connectivity index (χ3n) is 3.14. The van der Waals surface area contributed by atoms with Crippen molar-refractivity contribution in [1.29, 1.82) is 0 Å². The molecular formula is C14H19N3O2S. The Balaban J connectivity index is 1.89. The minimum atomic E-state index is -0.223. The van der Waals surface area contributed by atoms with Gasteiger partial charge in [0.25, 0.3) is 0 Å². The summed E-state index contributed by atoms with van der Waals surface area (Å²) in [5.74, 6) is 2.00. The van der Waals surface area contributed by atoms with Crippen LogP contribution in [0.4, 0.5) is 5.69 Å². The predicted octanol–water partition coefficient (Wildman–Crippen LogP) is 0.702. The number of nitrogens with zero attached hydrogens (tertiary/aromatic N) is 1. The molecule has 3 N–H and O–H groups in total. The predicted molar refractivity (Wildman–Crippen MR) is 81.7 cm³/mol. The van der Waals surface area contributed by atoms with E-state index in [1.54, 1.807) is 12.1 Å². The third-order valence-corrected chi connectivity index (χ3v) is 4.08. The molecule has 20 heavy (non-hydrogen) atoms. The second kappa shape index (κ2) is 7.31. The van der Waals surface area contributed by atoms with Gasteiger partial charge >= 0.3 is 0 Å². The first kappa shape index (κ1) is 14.9. The first-order valence-corrected chi connectivity index (χ1v) is 7.79. The summed E-state index contributed by atoms with van der Waals surface area (Å²) in [6.45, 7) is 1.65. The summed E-state index contributed by atoms with van der Waals surface area (Å²) < 4.78 is 0. The highest BCUT2D eigenvalue weighted by Crippen LogP contribution is 2.13. The van der Waals surface area contributed by atoms with Gasteiger partial charge < -0.3 is 16.0 Å². The number of thioether (sulfide) groups is 1. The number of carbonyl (C=O) groups is 2. The van der Waals surface area contributed by atoms with Crippen LogP contribution in [0.1, 0.15) is 5.56 Å². The molecule has 0 atom stereocenters. The van der Waals surface area contributed by atoms with E-state index in [-0.39, 0.29) is 18.4 Å². The number of benzene rings is 1. The number of anilines is 1. The number of nitrogens with one attached hydrogen (secondary N) is 1.